The van der Waals surface area contributed by atoms with Crippen LogP contribution in [0.4, 0.5) is 5.82 Å². The maximum absolute atomic E-state index is 12.5. The zero-order valence-corrected chi connectivity index (χ0v) is 15.9. The van der Waals surface area contributed by atoms with Gasteiger partial charge in [-0.05, 0) is 31.4 Å². The Morgan fingerprint density at radius 3 is 2.96 bits per heavy atom. The molecule has 0 aliphatic carbocycles. The number of carbonyl (C=O) groups is 1. The molecule has 0 saturated carbocycles. The first kappa shape index (κ1) is 17.8. The van der Waals surface area contributed by atoms with Gasteiger partial charge in [0.15, 0.2) is 9.84 Å². The second-order valence-electron chi connectivity index (χ2n) is 7.08. The highest BCUT2D eigenvalue weighted by atomic mass is 32.2. The van der Waals surface area contributed by atoms with Crippen LogP contribution in [0.1, 0.15) is 30.1 Å². The Balaban J connectivity index is 1.44. The van der Waals surface area contributed by atoms with Gasteiger partial charge in [0.1, 0.15) is 5.82 Å². The van der Waals surface area contributed by atoms with Crippen LogP contribution in [0.15, 0.2) is 36.5 Å². The number of para-hydroxylation sites is 1. The van der Waals surface area contributed by atoms with E-state index in [4.69, 9.17) is 0 Å². The summed E-state index contributed by atoms with van der Waals surface area (Å²) in [6.07, 6.45) is 3.44. The lowest BCUT2D eigenvalue weighted by molar-refractivity contribution is -0.116. The Hall–Kier alpha value is -2.61. The van der Waals surface area contributed by atoms with Crippen molar-refractivity contribution in [3.05, 3.63) is 47.8 Å². The van der Waals surface area contributed by atoms with E-state index in [2.05, 4.69) is 15.4 Å². The number of aromatic amines is 1. The molecule has 0 spiro atoms. The van der Waals surface area contributed by atoms with E-state index in [1.807, 2.05) is 37.4 Å². The maximum Gasteiger partial charge on any atom is 0.225 e. The van der Waals surface area contributed by atoms with Crippen LogP contribution < -0.4 is 5.32 Å². The molecule has 7 nitrogen and oxygen atoms in total. The van der Waals surface area contributed by atoms with Crippen molar-refractivity contribution >= 4 is 32.5 Å². The summed E-state index contributed by atoms with van der Waals surface area (Å²) in [5.41, 5.74) is 2.92. The van der Waals surface area contributed by atoms with E-state index in [9.17, 15) is 13.2 Å². The SMILES string of the molecule is Cc1cc(NC(=O)CCc2c[nH]c3ccccc23)n(C2CCS(=O)(=O)C2)n1. The number of H-pyrrole nitrogens is 1. The standard InChI is InChI=1S/C19H22N4O3S/c1-13-10-18(23(22-13)15-8-9-27(25,26)12-15)21-19(24)7-6-14-11-20-17-5-3-2-4-16(14)17/h2-5,10-11,15,20H,6-9,12H2,1H3,(H,21,24). The molecule has 1 aliphatic rings. The number of rotatable bonds is 5. The second kappa shape index (κ2) is 6.84. The number of sulfone groups is 1. The fourth-order valence-electron chi connectivity index (χ4n) is 3.65. The highest BCUT2D eigenvalue weighted by molar-refractivity contribution is 7.91. The first-order valence-corrected chi connectivity index (χ1v) is 10.8. The predicted octanol–water partition coefficient (Wildman–Crippen LogP) is 2.60. The molecule has 3 heterocycles. The quantitative estimate of drug-likeness (QED) is 0.704. The van der Waals surface area contributed by atoms with Gasteiger partial charge < -0.3 is 10.3 Å². The fourth-order valence-corrected chi connectivity index (χ4v) is 5.34. The Morgan fingerprint density at radius 1 is 1.37 bits per heavy atom. The number of aromatic nitrogens is 3. The van der Waals surface area contributed by atoms with Crippen molar-refractivity contribution in [2.24, 2.45) is 0 Å². The van der Waals surface area contributed by atoms with Crippen molar-refractivity contribution in [1.82, 2.24) is 14.8 Å². The van der Waals surface area contributed by atoms with Crippen molar-refractivity contribution < 1.29 is 13.2 Å². The van der Waals surface area contributed by atoms with Crippen molar-refractivity contribution in [1.29, 1.82) is 0 Å². The van der Waals surface area contributed by atoms with Gasteiger partial charge in [0.2, 0.25) is 5.91 Å². The van der Waals surface area contributed by atoms with E-state index in [0.717, 1.165) is 22.2 Å². The minimum Gasteiger partial charge on any atom is -0.361 e. The minimum atomic E-state index is -3.02. The monoisotopic (exact) mass is 386 g/mol. The first-order chi connectivity index (χ1) is 12.9. The number of hydrogen-bond acceptors (Lipinski definition) is 4. The number of anilines is 1. The molecule has 2 N–H and O–H groups in total. The average molecular weight is 386 g/mol. The van der Waals surface area contributed by atoms with Crippen LogP contribution in [0.2, 0.25) is 0 Å². The number of fused-ring (bicyclic) bond motifs is 1. The van der Waals surface area contributed by atoms with Crippen molar-refractivity contribution in [3.63, 3.8) is 0 Å². The molecule has 0 radical (unpaired) electrons. The van der Waals surface area contributed by atoms with Crippen LogP contribution >= 0.6 is 0 Å². The molecule has 142 valence electrons. The molecular weight excluding hydrogens is 364 g/mol. The molecule has 1 fully saturated rings. The number of nitrogens with zero attached hydrogens (tertiary/aromatic N) is 2. The second-order valence-corrected chi connectivity index (χ2v) is 9.31. The summed E-state index contributed by atoms with van der Waals surface area (Å²) in [6.45, 7) is 1.83. The van der Waals surface area contributed by atoms with Gasteiger partial charge in [-0.2, -0.15) is 5.10 Å². The largest absolute Gasteiger partial charge is 0.361 e. The van der Waals surface area contributed by atoms with E-state index in [1.54, 1.807) is 10.7 Å². The molecule has 1 aromatic carbocycles. The summed E-state index contributed by atoms with van der Waals surface area (Å²) < 4.78 is 25.2. The van der Waals surface area contributed by atoms with Gasteiger partial charge in [-0.3, -0.25) is 4.79 Å². The van der Waals surface area contributed by atoms with Crippen LogP contribution in [0, 0.1) is 6.92 Å². The lowest BCUT2D eigenvalue weighted by atomic mass is 10.1. The van der Waals surface area contributed by atoms with E-state index in [1.165, 1.54) is 0 Å². The van der Waals surface area contributed by atoms with Gasteiger partial charge in [0.05, 0.1) is 23.2 Å². The zero-order valence-electron chi connectivity index (χ0n) is 15.1. The summed E-state index contributed by atoms with van der Waals surface area (Å²) in [5.74, 6) is 0.706. The molecule has 8 heteroatoms. The van der Waals surface area contributed by atoms with Crippen LogP contribution in [-0.4, -0.2) is 40.6 Å². The van der Waals surface area contributed by atoms with Gasteiger partial charge >= 0.3 is 0 Å². The Labute approximate surface area is 157 Å². The van der Waals surface area contributed by atoms with Crippen molar-refractivity contribution in [2.75, 3.05) is 16.8 Å². The van der Waals surface area contributed by atoms with Gasteiger partial charge in [0.25, 0.3) is 0 Å². The normalized spacial score (nSPS) is 18.8. The first-order valence-electron chi connectivity index (χ1n) is 9.03. The van der Waals surface area contributed by atoms with Crippen molar-refractivity contribution in [2.45, 2.75) is 32.2 Å². The third-order valence-electron chi connectivity index (χ3n) is 4.98. The highest BCUT2D eigenvalue weighted by Gasteiger charge is 2.31. The Bertz CT molecular complexity index is 1100. The topological polar surface area (TPSA) is 96.9 Å². The summed E-state index contributed by atoms with van der Waals surface area (Å²) in [7, 11) is -3.02. The van der Waals surface area contributed by atoms with Gasteiger partial charge in [-0.1, -0.05) is 18.2 Å². The van der Waals surface area contributed by atoms with Crippen LogP contribution in [0.5, 0.6) is 0 Å². The molecule has 1 aliphatic heterocycles. The number of nitrogens with one attached hydrogen (secondary N) is 2. The molecule has 1 unspecified atom stereocenters. The highest BCUT2D eigenvalue weighted by Crippen LogP contribution is 2.27. The summed E-state index contributed by atoms with van der Waals surface area (Å²) >= 11 is 0. The fraction of sp³-hybridized carbons (Fsp3) is 0.368. The third-order valence-corrected chi connectivity index (χ3v) is 6.73. The van der Waals surface area contributed by atoms with E-state index in [0.29, 0.717) is 25.1 Å². The summed E-state index contributed by atoms with van der Waals surface area (Å²) in [5, 5.41) is 8.42. The molecule has 27 heavy (non-hydrogen) atoms. The Kier molecular flexibility index (Phi) is 4.51. The summed E-state index contributed by atoms with van der Waals surface area (Å²) in [4.78, 5) is 15.7. The molecule has 1 saturated heterocycles. The van der Waals surface area contributed by atoms with Gasteiger partial charge in [-0.25, -0.2) is 13.1 Å². The molecule has 1 amide bonds. The van der Waals surface area contributed by atoms with E-state index < -0.39 is 9.84 Å². The van der Waals surface area contributed by atoms with Crippen LogP contribution in [0.25, 0.3) is 10.9 Å². The smallest absolute Gasteiger partial charge is 0.225 e. The molecule has 4 rings (SSSR count). The van der Waals surface area contributed by atoms with Crippen LogP contribution in [0.3, 0.4) is 0 Å². The lowest BCUT2D eigenvalue weighted by Gasteiger charge is -2.13. The average Bonchev–Trinajstić information content (AvgIpc) is 3.30. The van der Waals surface area contributed by atoms with Gasteiger partial charge in [-0.15, -0.1) is 0 Å². The zero-order chi connectivity index (χ0) is 19.0. The lowest BCUT2D eigenvalue weighted by Crippen LogP contribution is -2.19. The maximum atomic E-state index is 12.5. The number of benzene rings is 1. The molecule has 0 bridgehead atoms. The van der Waals surface area contributed by atoms with Crippen LogP contribution in [-0.2, 0) is 21.1 Å². The van der Waals surface area contributed by atoms with E-state index >= 15 is 0 Å². The third kappa shape index (κ3) is 3.75. The van der Waals surface area contributed by atoms with E-state index in [-0.39, 0.29) is 23.5 Å². The number of carbonyl (C=O) groups excluding carboxylic acids is 1. The molecule has 1 atom stereocenters. The Morgan fingerprint density at radius 2 is 2.19 bits per heavy atom. The minimum absolute atomic E-state index is 0.0757. The predicted molar refractivity (Wildman–Crippen MR) is 105 cm³/mol. The van der Waals surface area contributed by atoms with Crippen molar-refractivity contribution in [3.8, 4) is 0 Å². The van der Waals surface area contributed by atoms with Gasteiger partial charge in [0, 0.05) is 29.6 Å². The molecule has 2 aromatic heterocycles. The molecular formula is C19H22N4O3S. The number of hydrogen-bond donors (Lipinski definition) is 2. The number of aryl methyl sites for hydroxylation is 2. The molecule has 3 aromatic rings. The summed E-state index contributed by atoms with van der Waals surface area (Å²) in [6, 6.07) is 9.58. The number of amides is 1.